The molecule has 0 aromatic heterocycles. The zero-order valence-electron chi connectivity index (χ0n) is 8.14. The standard InChI is InChI=1S/C11H14O3/c1-2-14-11(13)10(8-12)9-6-4-3-5-7-9/h3-7,10,12H,2,8H2,1H3/t10-/m0/s1. The molecule has 1 atom stereocenters. The quantitative estimate of drug-likeness (QED) is 0.735. The monoisotopic (exact) mass is 194 g/mol. The van der Waals surface area contributed by atoms with Gasteiger partial charge in [0.1, 0.15) is 5.92 Å². The summed E-state index contributed by atoms with van der Waals surface area (Å²) in [5, 5.41) is 9.08. The van der Waals surface area contributed by atoms with Crippen molar-refractivity contribution in [2.45, 2.75) is 12.8 Å². The number of aliphatic hydroxyl groups is 1. The van der Waals surface area contributed by atoms with Crippen LogP contribution in [-0.2, 0) is 9.53 Å². The fraction of sp³-hybridized carbons (Fsp3) is 0.364. The van der Waals surface area contributed by atoms with E-state index in [0.29, 0.717) is 6.61 Å². The molecule has 0 radical (unpaired) electrons. The highest BCUT2D eigenvalue weighted by atomic mass is 16.5. The Kier molecular flexibility index (Phi) is 4.13. The zero-order chi connectivity index (χ0) is 10.4. The number of aliphatic hydroxyl groups excluding tert-OH is 1. The van der Waals surface area contributed by atoms with Crippen molar-refractivity contribution in [3.8, 4) is 0 Å². The van der Waals surface area contributed by atoms with Crippen molar-refractivity contribution in [3.05, 3.63) is 35.9 Å². The summed E-state index contributed by atoms with van der Waals surface area (Å²) in [5.41, 5.74) is 0.786. The summed E-state index contributed by atoms with van der Waals surface area (Å²) in [6.45, 7) is 1.86. The fourth-order valence-electron chi connectivity index (χ4n) is 1.24. The molecule has 3 heteroatoms. The fourth-order valence-corrected chi connectivity index (χ4v) is 1.24. The van der Waals surface area contributed by atoms with Crippen LogP contribution in [0.3, 0.4) is 0 Å². The molecule has 0 saturated carbocycles. The average molecular weight is 194 g/mol. The molecule has 1 aromatic rings. The molecule has 0 aliphatic rings. The van der Waals surface area contributed by atoms with Crippen LogP contribution in [0.15, 0.2) is 30.3 Å². The summed E-state index contributed by atoms with van der Waals surface area (Å²) in [6.07, 6.45) is 0. The van der Waals surface area contributed by atoms with Crippen LogP contribution in [0.5, 0.6) is 0 Å². The third-order valence-electron chi connectivity index (χ3n) is 1.96. The lowest BCUT2D eigenvalue weighted by Gasteiger charge is -2.12. The Balaban J connectivity index is 2.77. The Labute approximate surface area is 83.3 Å². The smallest absolute Gasteiger partial charge is 0.315 e. The highest BCUT2D eigenvalue weighted by molar-refractivity contribution is 5.78. The van der Waals surface area contributed by atoms with Crippen LogP contribution < -0.4 is 0 Å². The first kappa shape index (κ1) is 10.7. The van der Waals surface area contributed by atoms with E-state index in [4.69, 9.17) is 9.84 Å². The second-order valence-corrected chi connectivity index (χ2v) is 2.90. The molecule has 1 aromatic carbocycles. The maximum Gasteiger partial charge on any atom is 0.315 e. The second kappa shape index (κ2) is 5.40. The Morgan fingerprint density at radius 3 is 2.57 bits per heavy atom. The van der Waals surface area contributed by atoms with Gasteiger partial charge in [-0.3, -0.25) is 4.79 Å². The van der Waals surface area contributed by atoms with Crippen LogP contribution in [-0.4, -0.2) is 24.3 Å². The summed E-state index contributed by atoms with van der Waals surface area (Å²) < 4.78 is 4.85. The van der Waals surface area contributed by atoms with Gasteiger partial charge < -0.3 is 9.84 Å². The Bertz CT molecular complexity index is 282. The Hall–Kier alpha value is -1.35. The summed E-state index contributed by atoms with van der Waals surface area (Å²) in [6, 6.07) is 9.13. The van der Waals surface area contributed by atoms with Crippen molar-refractivity contribution >= 4 is 5.97 Å². The normalized spacial score (nSPS) is 12.1. The van der Waals surface area contributed by atoms with Gasteiger partial charge in [0.25, 0.3) is 0 Å². The number of benzene rings is 1. The first-order valence-corrected chi connectivity index (χ1v) is 4.62. The molecular weight excluding hydrogens is 180 g/mol. The van der Waals surface area contributed by atoms with Gasteiger partial charge in [0, 0.05) is 0 Å². The van der Waals surface area contributed by atoms with E-state index in [2.05, 4.69) is 0 Å². The van der Waals surface area contributed by atoms with E-state index in [1.165, 1.54) is 0 Å². The van der Waals surface area contributed by atoms with Gasteiger partial charge in [0.2, 0.25) is 0 Å². The van der Waals surface area contributed by atoms with Crippen molar-refractivity contribution in [2.24, 2.45) is 0 Å². The van der Waals surface area contributed by atoms with Gasteiger partial charge in [0.05, 0.1) is 13.2 Å². The minimum Gasteiger partial charge on any atom is -0.465 e. The number of carbonyl (C=O) groups is 1. The Morgan fingerprint density at radius 1 is 1.43 bits per heavy atom. The van der Waals surface area contributed by atoms with Gasteiger partial charge in [-0.05, 0) is 12.5 Å². The van der Waals surface area contributed by atoms with Crippen LogP contribution in [0.1, 0.15) is 18.4 Å². The van der Waals surface area contributed by atoms with E-state index in [-0.39, 0.29) is 12.6 Å². The number of esters is 1. The van der Waals surface area contributed by atoms with Crippen LogP contribution in [0, 0.1) is 0 Å². The van der Waals surface area contributed by atoms with E-state index in [1.54, 1.807) is 19.1 Å². The summed E-state index contributed by atoms with van der Waals surface area (Å²) >= 11 is 0. The molecule has 0 unspecified atom stereocenters. The highest BCUT2D eigenvalue weighted by Crippen LogP contribution is 2.16. The zero-order valence-corrected chi connectivity index (χ0v) is 8.14. The number of hydrogen-bond donors (Lipinski definition) is 1. The topological polar surface area (TPSA) is 46.5 Å². The van der Waals surface area contributed by atoms with Crippen LogP contribution in [0.4, 0.5) is 0 Å². The third kappa shape index (κ3) is 2.57. The second-order valence-electron chi connectivity index (χ2n) is 2.90. The molecule has 14 heavy (non-hydrogen) atoms. The molecule has 0 saturated heterocycles. The maximum absolute atomic E-state index is 11.4. The van der Waals surface area contributed by atoms with Gasteiger partial charge in [0.15, 0.2) is 0 Å². The molecule has 76 valence electrons. The van der Waals surface area contributed by atoms with Crippen molar-refractivity contribution in [2.75, 3.05) is 13.2 Å². The van der Waals surface area contributed by atoms with Gasteiger partial charge in [-0.15, -0.1) is 0 Å². The van der Waals surface area contributed by atoms with Gasteiger partial charge in [-0.1, -0.05) is 30.3 Å². The molecule has 1 N–H and O–H groups in total. The van der Waals surface area contributed by atoms with Gasteiger partial charge in [-0.2, -0.15) is 0 Å². The number of hydrogen-bond acceptors (Lipinski definition) is 3. The summed E-state index contributed by atoms with van der Waals surface area (Å²) in [5.74, 6) is -0.933. The average Bonchev–Trinajstić information content (AvgIpc) is 2.21. The SMILES string of the molecule is CCOC(=O)[C@@H](CO)c1ccccc1. The first-order valence-electron chi connectivity index (χ1n) is 4.62. The van der Waals surface area contributed by atoms with Gasteiger partial charge in [-0.25, -0.2) is 0 Å². The molecule has 0 aliphatic carbocycles. The first-order chi connectivity index (χ1) is 6.79. The molecule has 1 rings (SSSR count). The molecular formula is C11H14O3. The van der Waals surface area contributed by atoms with Crippen LogP contribution in [0.25, 0.3) is 0 Å². The predicted molar refractivity (Wildman–Crippen MR) is 52.9 cm³/mol. The van der Waals surface area contributed by atoms with Crippen molar-refractivity contribution in [1.82, 2.24) is 0 Å². The summed E-state index contributed by atoms with van der Waals surface area (Å²) in [7, 11) is 0. The molecule has 0 bridgehead atoms. The van der Waals surface area contributed by atoms with Crippen LogP contribution in [0.2, 0.25) is 0 Å². The molecule has 0 aliphatic heterocycles. The molecule has 0 heterocycles. The lowest BCUT2D eigenvalue weighted by Crippen LogP contribution is -2.19. The van der Waals surface area contributed by atoms with Gasteiger partial charge >= 0.3 is 5.97 Å². The largest absolute Gasteiger partial charge is 0.465 e. The minimum absolute atomic E-state index is 0.219. The van der Waals surface area contributed by atoms with Crippen LogP contribution >= 0.6 is 0 Å². The Morgan fingerprint density at radius 2 is 2.07 bits per heavy atom. The predicted octanol–water partition coefficient (Wildman–Crippen LogP) is 1.33. The van der Waals surface area contributed by atoms with E-state index >= 15 is 0 Å². The maximum atomic E-state index is 11.4. The number of rotatable bonds is 4. The number of ether oxygens (including phenoxy) is 1. The molecule has 0 fully saturated rings. The van der Waals surface area contributed by atoms with E-state index in [1.807, 2.05) is 18.2 Å². The van der Waals surface area contributed by atoms with E-state index < -0.39 is 5.92 Å². The molecule has 3 nitrogen and oxygen atoms in total. The minimum atomic E-state index is -0.559. The summed E-state index contributed by atoms with van der Waals surface area (Å²) in [4.78, 5) is 11.4. The molecule has 0 amide bonds. The van der Waals surface area contributed by atoms with E-state index in [9.17, 15) is 4.79 Å². The number of carbonyl (C=O) groups excluding carboxylic acids is 1. The lowest BCUT2D eigenvalue weighted by molar-refractivity contribution is -0.145. The lowest BCUT2D eigenvalue weighted by atomic mass is 10.0. The molecule has 0 spiro atoms. The highest BCUT2D eigenvalue weighted by Gasteiger charge is 2.20. The van der Waals surface area contributed by atoms with Crippen molar-refractivity contribution in [3.63, 3.8) is 0 Å². The van der Waals surface area contributed by atoms with Crippen molar-refractivity contribution < 1.29 is 14.6 Å². The van der Waals surface area contributed by atoms with Crippen molar-refractivity contribution in [1.29, 1.82) is 0 Å². The third-order valence-corrected chi connectivity index (χ3v) is 1.96. The van der Waals surface area contributed by atoms with E-state index in [0.717, 1.165) is 5.56 Å².